The minimum absolute atomic E-state index is 0.0351. The van der Waals surface area contributed by atoms with E-state index in [1.807, 2.05) is 6.08 Å². The van der Waals surface area contributed by atoms with Crippen LogP contribution in [0.25, 0.3) is 0 Å². The zero-order valence-electron chi connectivity index (χ0n) is 9.51. The van der Waals surface area contributed by atoms with Gasteiger partial charge in [0.15, 0.2) is 0 Å². The summed E-state index contributed by atoms with van der Waals surface area (Å²) in [7, 11) is 0. The molecular formula is C12H24O. The van der Waals surface area contributed by atoms with Crippen LogP contribution < -0.4 is 0 Å². The summed E-state index contributed by atoms with van der Waals surface area (Å²) in [6.07, 6.45) is 5.03. The molecule has 0 spiro atoms. The van der Waals surface area contributed by atoms with Crippen molar-refractivity contribution in [2.24, 2.45) is 11.3 Å². The predicted octanol–water partition coefficient (Wildman–Crippen LogP) is 3.39. The second-order valence-electron chi connectivity index (χ2n) is 4.85. The van der Waals surface area contributed by atoms with E-state index >= 15 is 0 Å². The van der Waals surface area contributed by atoms with Crippen LogP contribution in [-0.2, 0) is 0 Å². The Labute approximate surface area is 82.9 Å². The van der Waals surface area contributed by atoms with Gasteiger partial charge < -0.3 is 5.11 Å². The van der Waals surface area contributed by atoms with Crippen molar-refractivity contribution in [1.29, 1.82) is 0 Å². The van der Waals surface area contributed by atoms with Crippen molar-refractivity contribution < 1.29 is 5.11 Å². The minimum atomic E-state index is -0.267. The molecule has 0 aliphatic rings. The third-order valence-electron chi connectivity index (χ3n) is 2.49. The second kappa shape index (κ2) is 5.43. The van der Waals surface area contributed by atoms with Gasteiger partial charge in [0.25, 0.3) is 0 Å². The monoisotopic (exact) mass is 184 g/mol. The maximum atomic E-state index is 10.0. The fraction of sp³-hybridized carbons (Fsp3) is 0.833. The van der Waals surface area contributed by atoms with Crippen LogP contribution in [0.3, 0.4) is 0 Å². The molecule has 1 N–H and O–H groups in total. The zero-order valence-corrected chi connectivity index (χ0v) is 9.51. The van der Waals surface area contributed by atoms with Crippen LogP contribution in [-0.4, -0.2) is 11.2 Å². The van der Waals surface area contributed by atoms with Crippen molar-refractivity contribution in [1.82, 2.24) is 0 Å². The summed E-state index contributed by atoms with van der Waals surface area (Å²) in [5.74, 6) is 0.250. The van der Waals surface area contributed by atoms with Gasteiger partial charge in [-0.25, -0.2) is 0 Å². The third-order valence-corrected chi connectivity index (χ3v) is 2.49. The highest BCUT2D eigenvalue weighted by Gasteiger charge is 2.27. The number of hydrogen-bond donors (Lipinski definition) is 1. The quantitative estimate of drug-likeness (QED) is 0.649. The van der Waals surface area contributed by atoms with Gasteiger partial charge in [0.2, 0.25) is 0 Å². The third kappa shape index (κ3) is 4.47. The molecule has 0 amide bonds. The van der Waals surface area contributed by atoms with Gasteiger partial charge in [0.1, 0.15) is 0 Å². The lowest BCUT2D eigenvalue weighted by molar-refractivity contribution is 0.0248. The van der Waals surface area contributed by atoms with Crippen molar-refractivity contribution in [3.63, 3.8) is 0 Å². The summed E-state index contributed by atoms with van der Waals surface area (Å²) in [5.41, 5.74) is -0.0351. The molecule has 1 nitrogen and oxygen atoms in total. The Hall–Kier alpha value is -0.300. The van der Waals surface area contributed by atoms with Gasteiger partial charge in [0.05, 0.1) is 6.10 Å². The molecule has 0 aliphatic carbocycles. The molecular weight excluding hydrogens is 160 g/mol. The first-order valence-corrected chi connectivity index (χ1v) is 5.24. The lowest BCUT2D eigenvalue weighted by Crippen LogP contribution is -2.32. The molecule has 0 aromatic rings. The molecule has 78 valence electrons. The molecule has 1 heteroatoms. The molecule has 0 aromatic heterocycles. The van der Waals surface area contributed by atoms with Crippen LogP contribution >= 0.6 is 0 Å². The highest BCUT2D eigenvalue weighted by molar-refractivity contribution is 4.89. The predicted molar refractivity (Wildman–Crippen MR) is 58.7 cm³/mol. The molecule has 0 fully saturated rings. The van der Waals surface area contributed by atoms with E-state index in [-0.39, 0.29) is 17.4 Å². The van der Waals surface area contributed by atoms with Crippen LogP contribution in [0, 0.1) is 11.3 Å². The van der Waals surface area contributed by atoms with E-state index in [1.54, 1.807) is 0 Å². The average Bonchev–Trinajstić information content (AvgIpc) is 2.04. The number of unbranched alkanes of at least 4 members (excludes halogenated alkanes) is 1. The molecule has 0 bridgehead atoms. The summed E-state index contributed by atoms with van der Waals surface area (Å²) in [6.45, 7) is 12.2. The molecule has 2 atom stereocenters. The molecule has 0 aliphatic heterocycles. The second-order valence-corrected chi connectivity index (χ2v) is 4.85. The van der Waals surface area contributed by atoms with Crippen LogP contribution in [0.2, 0.25) is 0 Å². The van der Waals surface area contributed by atoms with Crippen molar-refractivity contribution in [2.75, 3.05) is 0 Å². The SMILES string of the molecule is C=C[C@@H](CCCC)[C@@H](O)C(C)(C)C. The van der Waals surface area contributed by atoms with Gasteiger partial charge in [-0.1, -0.05) is 46.6 Å². The van der Waals surface area contributed by atoms with Gasteiger partial charge in [-0.3, -0.25) is 0 Å². The molecule has 0 unspecified atom stereocenters. The fourth-order valence-electron chi connectivity index (χ4n) is 1.49. The van der Waals surface area contributed by atoms with E-state index in [0.717, 1.165) is 6.42 Å². The Morgan fingerprint density at radius 3 is 2.23 bits per heavy atom. The maximum absolute atomic E-state index is 10.0. The lowest BCUT2D eigenvalue weighted by atomic mass is 9.79. The Balaban J connectivity index is 4.15. The molecule has 0 rings (SSSR count). The fourth-order valence-corrected chi connectivity index (χ4v) is 1.49. The Bertz CT molecular complexity index is 144. The number of rotatable bonds is 5. The van der Waals surface area contributed by atoms with Gasteiger partial charge in [-0.2, -0.15) is 0 Å². The highest BCUT2D eigenvalue weighted by atomic mass is 16.3. The number of aliphatic hydroxyl groups excluding tert-OH is 1. The van der Waals surface area contributed by atoms with Gasteiger partial charge in [-0.05, 0) is 11.8 Å². The number of hydrogen-bond acceptors (Lipinski definition) is 1. The van der Waals surface area contributed by atoms with E-state index in [9.17, 15) is 5.11 Å². The first-order chi connectivity index (χ1) is 5.93. The van der Waals surface area contributed by atoms with E-state index in [0.29, 0.717) is 0 Å². The average molecular weight is 184 g/mol. The lowest BCUT2D eigenvalue weighted by Gasteiger charge is -2.31. The van der Waals surface area contributed by atoms with Crippen LogP contribution in [0.4, 0.5) is 0 Å². The molecule has 13 heavy (non-hydrogen) atoms. The zero-order chi connectivity index (χ0) is 10.5. The van der Waals surface area contributed by atoms with E-state index in [1.165, 1.54) is 12.8 Å². The smallest absolute Gasteiger partial charge is 0.0650 e. The Morgan fingerprint density at radius 2 is 1.92 bits per heavy atom. The van der Waals surface area contributed by atoms with Crippen LogP contribution in [0.15, 0.2) is 12.7 Å². The topological polar surface area (TPSA) is 20.2 Å². The van der Waals surface area contributed by atoms with Crippen molar-refractivity contribution in [3.05, 3.63) is 12.7 Å². The normalized spacial score (nSPS) is 16.7. The number of aliphatic hydroxyl groups is 1. The molecule has 0 aromatic carbocycles. The molecule has 0 saturated heterocycles. The van der Waals surface area contributed by atoms with E-state index in [2.05, 4.69) is 34.3 Å². The van der Waals surface area contributed by atoms with E-state index < -0.39 is 0 Å². The van der Waals surface area contributed by atoms with E-state index in [4.69, 9.17) is 0 Å². The van der Waals surface area contributed by atoms with Crippen LogP contribution in [0.1, 0.15) is 47.0 Å². The standard InChI is InChI=1S/C12H24O/c1-6-8-9-10(7-2)11(13)12(3,4)5/h7,10-11,13H,2,6,8-9H2,1,3-5H3/t10-,11+/m0/s1. The van der Waals surface area contributed by atoms with Crippen molar-refractivity contribution in [2.45, 2.75) is 53.1 Å². The van der Waals surface area contributed by atoms with Crippen molar-refractivity contribution in [3.8, 4) is 0 Å². The summed E-state index contributed by atoms with van der Waals surface area (Å²) in [6, 6.07) is 0. The molecule has 0 heterocycles. The van der Waals surface area contributed by atoms with Gasteiger partial charge >= 0.3 is 0 Å². The van der Waals surface area contributed by atoms with Gasteiger partial charge in [-0.15, -0.1) is 6.58 Å². The van der Waals surface area contributed by atoms with Gasteiger partial charge in [0, 0.05) is 5.92 Å². The first-order valence-electron chi connectivity index (χ1n) is 5.24. The summed E-state index contributed by atoms with van der Waals surface area (Å²) >= 11 is 0. The Kier molecular flexibility index (Phi) is 5.31. The minimum Gasteiger partial charge on any atom is -0.392 e. The maximum Gasteiger partial charge on any atom is 0.0650 e. The Morgan fingerprint density at radius 1 is 1.38 bits per heavy atom. The largest absolute Gasteiger partial charge is 0.392 e. The summed E-state index contributed by atoms with van der Waals surface area (Å²) < 4.78 is 0. The highest BCUT2D eigenvalue weighted by Crippen LogP contribution is 2.28. The summed E-state index contributed by atoms with van der Waals surface area (Å²) in [5, 5.41) is 10.0. The first kappa shape index (κ1) is 12.7. The molecule has 0 saturated carbocycles. The molecule has 0 radical (unpaired) electrons. The van der Waals surface area contributed by atoms with Crippen molar-refractivity contribution >= 4 is 0 Å². The summed E-state index contributed by atoms with van der Waals surface area (Å²) in [4.78, 5) is 0. The van der Waals surface area contributed by atoms with Crippen LogP contribution in [0.5, 0.6) is 0 Å².